The number of rotatable bonds is 8. The molecular weight excluding hydrogens is 336 g/mol. The van der Waals surface area contributed by atoms with Gasteiger partial charge in [-0.15, -0.1) is 0 Å². The first kappa shape index (κ1) is 19.0. The Balaban J connectivity index is 1.76. The van der Waals surface area contributed by atoms with Crippen molar-refractivity contribution >= 4 is 18.0 Å². The lowest BCUT2D eigenvalue weighted by Gasteiger charge is -2.07. The van der Waals surface area contributed by atoms with Gasteiger partial charge in [0.05, 0.1) is 20.8 Å². The van der Waals surface area contributed by atoms with Crippen molar-refractivity contribution in [3.63, 3.8) is 0 Å². The predicted molar refractivity (Wildman–Crippen MR) is 96.1 cm³/mol. The number of aromatic nitrogens is 1. The highest BCUT2D eigenvalue weighted by atomic mass is 16.5. The molecular formula is C19H20N2O5. The van der Waals surface area contributed by atoms with Crippen molar-refractivity contribution in [1.82, 2.24) is 10.3 Å². The highest BCUT2D eigenvalue weighted by Gasteiger charge is 2.05. The second kappa shape index (κ2) is 9.83. The number of benzene rings is 1. The lowest BCUT2D eigenvalue weighted by Crippen LogP contribution is -2.27. The zero-order valence-corrected chi connectivity index (χ0v) is 14.6. The number of esters is 1. The molecule has 0 fully saturated rings. The van der Waals surface area contributed by atoms with Crippen LogP contribution in [0, 0.1) is 0 Å². The number of pyridine rings is 1. The fourth-order valence-electron chi connectivity index (χ4n) is 2.09. The summed E-state index contributed by atoms with van der Waals surface area (Å²) in [6.45, 7) is 0.295. The summed E-state index contributed by atoms with van der Waals surface area (Å²) < 4.78 is 15.4. The van der Waals surface area contributed by atoms with Gasteiger partial charge in [-0.25, -0.2) is 4.79 Å². The zero-order chi connectivity index (χ0) is 18.8. The molecule has 26 heavy (non-hydrogen) atoms. The Hall–Kier alpha value is -3.35. The molecule has 0 spiro atoms. The van der Waals surface area contributed by atoms with Crippen molar-refractivity contribution in [3.8, 4) is 11.5 Å². The van der Waals surface area contributed by atoms with Gasteiger partial charge in [0.25, 0.3) is 5.91 Å². The minimum Gasteiger partial charge on any atom is -0.493 e. The number of hydrogen-bond acceptors (Lipinski definition) is 6. The molecule has 0 unspecified atom stereocenters. The van der Waals surface area contributed by atoms with E-state index in [-0.39, 0.29) is 19.1 Å². The molecule has 1 aromatic carbocycles. The number of amides is 1. The molecule has 0 aliphatic rings. The molecule has 0 saturated heterocycles. The molecule has 7 heteroatoms. The Morgan fingerprint density at radius 3 is 2.50 bits per heavy atom. The second-order valence-electron chi connectivity index (χ2n) is 5.11. The normalized spacial score (nSPS) is 10.4. The van der Waals surface area contributed by atoms with Gasteiger partial charge in [0.15, 0.2) is 11.5 Å². The van der Waals surface area contributed by atoms with Crippen molar-refractivity contribution in [2.45, 2.75) is 0 Å². The first-order valence-electron chi connectivity index (χ1n) is 7.89. The number of carbonyl (C=O) groups excluding carboxylic acids is 2. The van der Waals surface area contributed by atoms with Crippen molar-refractivity contribution in [3.05, 3.63) is 59.9 Å². The number of ether oxygens (including phenoxy) is 3. The molecule has 0 saturated carbocycles. The third kappa shape index (κ3) is 5.62. The molecule has 2 aromatic rings. The summed E-state index contributed by atoms with van der Waals surface area (Å²) in [6.07, 6.45) is 5.99. The van der Waals surface area contributed by atoms with Crippen molar-refractivity contribution in [2.75, 3.05) is 27.4 Å². The maximum atomic E-state index is 11.8. The summed E-state index contributed by atoms with van der Waals surface area (Å²) in [4.78, 5) is 27.4. The van der Waals surface area contributed by atoms with Crippen LogP contribution in [0.1, 0.15) is 15.9 Å². The number of nitrogens with zero attached hydrogens (tertiary/aromatic N) is 1. The highest BCUT2D eigenvalue weighted by molar-refractivity contribution is 5.94. The molecule has 136 valence electrons. The summed E-state index contributed by atoms with van der Waals surface area (Å²) in [7, 11) is 3.10. The van der Waals surface area contributed by atoms with Crippen LogP contribution in [0.5, 0.6) is 11.5 Å². The molecule has 0 aliphatic heterocycles. The van der Waals surface area contributed by atoms with E-state index in [1.165, 1.54) is 18.5 Å². The van der Waals surface area contributed by atoms with Crippen LogP contribution in [0.2, 0.25) is 0 Å². The molecule has 0 bridgehead atoms. The van der Waals surface area contributed by atoms with Gasteiger partial charge in [-0.05, 0) is 35.9 Å². The van der Waals surface area contributed by atoms with Gasteiger partial charge in [0.1, 0.15) is 6.61 Å². The van der Waals surface area contributed by atoms with Gasteiger partial charge in [-0.3, -0.25) is 9.78 Å². The van der Waals surface area contributed by atoms with E-state index in [0.717, 1.165) is 5.56 Å². The average molecular weight is 356 g/mol. The second-order valence-corrected chi connectivity index (χ2v) is 5.11. The zero-order valence-electron chi connectivity index (χ0n) is 14.6. The number of carbonyl (C=O) groups is 2. The van der Waals surface area contributed by atoms with Gasteiger partial charge in [-0.1, -0.05) is 6.07 Å². The van der Waals surface area contributed by atoms with Crippen molar-refractivity contribution in [1.29, 1.82) is 0 Å². The maximum absolute atomic E-state index is 11.8. The van der Waals surface area contributed by atoms with E-state index >= 15 is 0 Å². The minimum atomic E-state index is -0.502. The molecule has 1 heterocycles. The molecule has 0 atom stereocenters. The third-order valence-corrected chi connectivity index (χ3v) is 3.39. The summed E-state index contributed by atoms with van der Waals surface area (Å²) in [5.41, 5.74) is 1.27. The summed E-state index contributed by atoms with van der Waals surface area (Å²) in [5, 5.41) is 2.66. The predicted octanol–water partition coefficient (Wildman–Crippen LogP) is 2.09. The van der Waals surface area contributed by atoms with Gasteiger partial charge >= 0.3 is 5.97 Å². The van der Waals surface area contributed by atoms with E-state index in [2.05, 4.69) is 10.3 Å². The van der Waals surface area contributed by atoms with Crippen LogP contribution >= 0.6 is 0 Å². The molecule has 0 aliphatic carbocycles. The van der Waals surface area contributed by atoms with Crippen LogP contribution in [0.3, 0.4) is 0 Å². The largest absolute Gasteiger partial charge is 0.493 e. The van der Waals surface area contributed by atoms with Gasteiger partial charge in [0, 0.05) is 24.0 Å². The molecule has 0 radical (unpaired) electrons. The van der Waals surface area contributed by atoms with Crippen molar-refractivity contribution < 1.29 is 23.8 Å². The third-order valence-electron chi connectivity index (χ3n) is 3.39. The summed E-state index contributed by atoms with van der Waals surface area (Å²) in [6, 6.07) is 8.50. The molecule has 2 rings (SSSR count). The Morgan fingerprint density at radius 1 is 1.08 bits per heavy atom. The summed E-state index contributed by atoms with van der Waals surface area (Å²) >= 11 is 0. The van der Waals surface area contributed by atoms with Gasteiger partial charge in [-0.2, -0.15) is 0 Å². The van der Waals surface area contributed by atoms with Crippen molar-refractivity contribution in [2.24, 2.45) is 0 Å². The van der Waals surface area contributed by atoms with Crippen LogP contribution in [-0.2, 0) is 9.53 Å². The minimum absolute atomic E-state index is 0.0753. The van der Waals surface area contributed by atoms with Crippen LogP contribution in [0.15, 0.2) is 48.8 Å². The first-order valence-corrected chi connectivity index (χ1v) is 7.89. The lowest BCUT2D eigenvalue weighted by molar-refractivity contribution is -0.137. The van der Waals surface area contributed by atoms with Crippen LogP contribution in [-0.4, -0.2) is 44.2 Å². The smallest absolute Gasteiger partial charge is 0.330 e. The van der Waals surface area contributed by atoms with E-state index in [0.29, 0.717) is 17.1 Å². The van der Waals surface area contributed by atoms with Crippen LogP contribution in [0.4, 0.5) is 0 Å². The standard InChI is InChI=1S/C19H20N2O5/c1-24-16-5-3-14(13-17(16)25-2)4-6-18(22)26-12-11-21-19(23)15-7-9-20-10-8-15/h3-10,13H,11-12H2,1-2H3,(H,21,23). The average Bonchev–Trinajstić information content (AvgIpc) is 2.69. The van der Waals surface area contributed by atoms with E-state index in [4.69, 9.17) is 14.2 Å². The van der Waals surface area contributed by atoms with Gasteiger partial charge < -0.3 is 19.5 Å². The fourth-order valence-corrected chi connectivity index (χ4v) is 2.09. The number of methoxy groups -OCH3 is 2. The highest BCUT2D eigenvalue weighted by Crippen LogP contribution is 2.27. The van der Waals surface area contributed by atoms with Crippen LogP contribution in [0.25, 0.3) is 6.08 Å². The Labute approximate surface area is 151 Å². The van der Waals surface area contributed by atoms with E-state index in [1.54, 1.807) is 50.6 Å². The van der Waals surface area contributed by atoms with Crippen LogP contribution < -0.4 is 14.8 Å². The monoisotopic (exact) mass is 356 g/mol. The molecule has 1 N–H and O–H groups in total. The van der Waals surface area contributed by atoms with E-state index in [9.17, 15) is 9.59 Å². The fraction of sp³-hybridized carbons (Fsp3) is 0.211. The SMILES string of the molecule is COc1ccc(C=CC(=O)OCCNC(=O)c2ccncc2)cc1OC. The topological polar surface area (TPSA) is 86.8 Å². The molecule has 1 aromatic heterocycles. The number of hydrogen-bond donors (Lipinski definition) is 1. The van der Waals surface area contributed by atoms with Gasteiger partial charge in [0.2, 0.25) is 0 Å². The molecule has 1 amide bonds. The maximum Gasteiger partial charge on any atom is 0.330 e. The van der Waals surface area contributed by atoms with E-state index in [1.807, 2.05) is 0 Å². The number of nitrogens with one attached hydrogen (secondary N) is 1. The van der Waals surface area contributed by atoms with E-state index < -0.39 is 5.97 Å². The molecule has 7 nitrogen and oxygen atoms in total. The lowest BCUT2D eigenvalue weighted by atomic mass is 10.2. The quantitative estimate of drug-likeness (QED) is 0.443. The Kier molecular flexibility index (Phi) is 7.17. The first-order chi connectivity index (χ1) is 12.6. The summed E-state index contributed by atoms with van der Waals surface area (Å²) in [5.74, 6) is 0.432. The Morgan fingerprint density at radius 2 is 1.81 bits per heavy atom. The Bertz CT molecular complexity index is 775.